The zero-order valence-corrected chi connectivity index (χ0v) is 17.0. The Morgan fingerprint density at radius 3 is 2.78 bits per heavy atom. The van der Waals surface area contributed by atoms with Crippen LogP contribution in [0.25, 0.3) is 0 Å². The highest BCUT2D eigenvalue weighted by atomic mass is 32.2. The molecule has 0 fully saturated rings. The van der Waals surface area contributed by atoms with Crippen molar-refractivity contribution in [3.63, 3.8) is 0 Å². The number of imide groups is 1. The highest BCUT2D eigenvalue weighted by molar-refractivity contribution is 8.38. The molecule has 1 aliphatic rings. The second-order valence-corrected chi connectivity index (χ2v) is 8.48. The van der Waals surface area contributed by atoms with Crippen molar-refractivity contribution in [1.29, 1.82) is 0 Å². The lowest BCUT2D eigenvalue weighted by molar-refractivity contribution is -0.123. The number of hydrogen-bond acceptors (Lipinski definition) is 7. The fourth-order valence-corrected chi connectivity index (χ4v) is 4.11. The fourth-order valence-electron chi connectivity index (χ4n) is 2.10. The van der Waals surface area contributed by atoms with E-state index in [1.807, 2.05) is 26.0 Å². The van der Waals surface area contributed by atoms with Gasteiger partial charge < -0.3 is 10.1 Å². The lowest BCUT2D eigenvalue weighted by Gasteiger charge is -2.10. The van der Waals surface area contributed by atoms with E-state index >= 15 is 0 Å². The summed E-state index contributed by atoms with van der Waals surface area (Å²) >= 11 is 3.29. The predicted octanol–water partition coefficient (Wildman–Crippen LogP) is 2.66. The van der Waals surface area contributed by atoms with Crippen molar-refractivity contribution in [3.8, 4) is 0 Å². The number of nitrogens with one attached hydrogen (secondary N) is 2. The number of nitrogens with zero attached hydrogens (tertiary/aromatic N) is 1. The number of amides is 3. The van der Waals surface area contributed by atoms with Gasteiger partial charge in [-0.2, -0.15) is 0 Å². The molecule has 0 spiro atoms. The number of urea groups is 1. The van der Waals surface area contributed by atoms with Crippen molar-refractivity contribution in [2.24, 2.45) is 10.9 Å². The van der Waals surface area contributed by atoms with Gasteiger partial charge in [-0.15, -0.1) is 0 Å². The number of thioether (sulfide) groups is 2. The minimum Gasteiger partial charge on any atom is -0.452 e. The highest BCUT2D eigenvalue weighted by Crippen LogP contribution is 2.26. The standard InChI is InChI=1S/C18H23N3O4S2/c1-12(2)9-20-17(24)21-15(22)10-25-16(23)14-6-4-3-5-13(14)11-27-18-19-7-8-26-18/h3-6,12H,7-11H2,1-2H3,(H2,20,21,22,24). The van der Waals surface area contributed by atoms with Gasteiger partial charge in [0.25, 0.3) is 5.91 Å². The first-order valence-corrected chi connectivity index (χ1v) is 10.6. The van der Waals surface area contributed by atoms with Gasteiger partial charge in [0.15, 0.2) is 6.61 Å². The third kappa shape index (κ3) is 7.64. The van der Waals surface area contributed by atoms with E-state index in [1.54, 1.807) is 35.7 Å². The van der Waals surface area contributed by atoms with Crippen LogP contribution in [0.15, 0.2) is 29.3 Å². The first kappa shape index (κ1) is 21.3. The summed E-state index contributed by atoms with van der Waals surface area (Å²) in [4.78, 5) is 40.0. The van der Waals surface area contributed by atoms with Crippen molar-refractivity contribution in [2.75, 3.05) is 25.4 Å². The minimum atomic E-state index is -0.673. The highest BCUT2D eigenvalue weighted by Gasteiger charge is 2.16. The van der Waals surface area contributed by atoms with Gasteiger partial charge in [-0.3, -0.25) is 15.1 Å². The van der Waals surface area contributed by atoms with Gasteiger partial charge in [0.05, 0.1) is 12.1 Å². The van der Waals surface area contributed by atoms with Crippen LogP contribution >= 0.6 is 23.5 Å². The quantitative estimate of drug-likeness (QED) is 0.672. The van der Waals surface area contributed by atoms with Crippen molar-refractivity contribution < 1.29 is 19.1 Å². The van der Waals surface area contributed by atoms with Crippen LogP contribution in [-0.4, -0.2) is 47.7 Å². The van der Waals surface area contributed by atoms with Gasteiger partial charge in [-0.05, 0) is 17.5 Å². The third-order valence-corrected chi connectivity index (χ3v) is 5.71. The van der Waals surface area contributed by atoms with Crippen LogP contribution in [0.2, 0.25) is 0 Å². The molecule has 0 saturated carbocycles. The summed E-state index contributed by atoms with van der Waals surface area (Å²) in [6.07, 6.45) is 0. The van der Waals surface area contributed by atoms with Crippen molar-refractivity contribution in [3.05, 3.63) is 35.4 Å². The van der Waals surface area contributed by atoms with Gasteiger partial charge >= 0.3 is 12.0 Å². The van der Waals surface area contributed by atoms with E-state index in [2.05, 4.69) is 15.6 Å². The summed E-state index contributed by atoms with van der Waals surface area (Å²) < 4.78 is 6.07. The Morgan fingerprint density at radius 2 is 2.07 bits per heavy atom. The molecule has 2 rings (SSSR count). The summed E-state index contributed by atoms with van der Waals surface area (Å²) in [5.41, 5.74) is 1.23. The van der Waals surface area contributed by atoms with Crippen LogP contribution in [-0.2, 0) is 15.3 Å². The van der Waals surface area contributed by atoms with Gasteiger partial charge in [0.2, 0.25) is 0 Å². The summed E-state index contributed by atoms with van der Waals surface area (Å²) in [7, 11) is 0. The fraction of sp³-hybridized carbons (Fsp3) is 0.444. The molecule has 0 saturated heterocycles. The molecule has 1 heterocycles. The molecule has 1 aromatic carbocycles. The first-order valence-electron chi connectivity index (χ1n) is 8.58. The maximum atomic E-state index is 12.3. The Labute approximate surface area is 167 Å². The Morgan fingerprint density at radius 1 is 1.30 bits per heavy atom. The van der Waals surface area contributed by atoms with Crippen LogP contribution in [0.3, 0.4) is 0 Å². The Hall–Kier alpha value is -2.00. The average molecular weight is 410 g/mol. The maximum Gasteiger partial charge on any atom is 0.338 e. The van der Waals surface area contributed by atoms with Gasteiger partial charge in [0, 0.05) is 18.1 Å². The first-order chi connectivity index (χ1) is 13.0. The molecule has 7 nitrogen and oxygen atoms in total. The second-order valence-electron chi connectivity index (χ2n) is 6.17. The summed E-state index contributed by atoms with van der Waals surface area (Å²) in [5, 5.41) is 4.69. The van der Waals surface area contributed by atoms with Crippen LogP contribution in [0.1, 0.15) is 29.8 Å². The SMILES string of the molecule is CC(C)CNC(=O)NC(=O)COC(=O)c1ccccc1CSC1=NCCS1. The molecule has 0 aliphatic carbocycles. The molecule has 27 heavy (non-hydrogen) atoms. The van der Waals surface area contributed by atoms with Crippen molar-refractivity contribution in [1.82, 2.24) is 10.6 Å². The topological polar surface area (TPSA) is 96.9 Å². The minimum absolute atomic E-state index is 0.270. The molecule has 0 radical (unpaired) electrons. The Balaban J connectivity index is 1.82. The lowest BCUT2D eigenvalue weighted by Crippen LogP contribution is -2.42. The smallest absolute Gasteiger partial charge is 0.338 e. The number of carbonyl (C=O) groups excluding carboxylic acids is 3. The zero-order valence-electron chi connectivity index (χ0n) is 15.3. The van der Waals surface area contributed by atoms with Crippen LogP contribution < -0.4 is 10.6 Å². The van der Waals surface area contributed by atoms with E-state index in [1.165, 1.54) is 0 Å². The number of ether oxygens (including phenoxy) is 1. The van der Waals surface area contributed by atoms with Crippen molar-refractivity contribution >= 4 is 45.8 Å². The van der Waals surface area contributed by atoms with E-state index < -0.39 is 24.5 Å². The average Bonchev–Trinajstić information content (AvgIpc) is 3.16. The maximum absolute atomic E-state index is 12.3. The van der Waals surface area contributed by atoms with E-state index in [4.69, 9.17) is 4.74 Å². The molecule has 0 atom stereocenters. The largest absolute Gasteiger partial charge is 0.452 e. The molecule has 1 aromatic rings. The van der Waals surface area contributed by atoms with E-state index in [0.29, 0.717) is 17.9 Å². The molecule has 1 aliphatic heterocycles. The summed E-state index contributed by atoms with van der Waals surface area (Å²) in [5.74, 6) is 0.594. The molecule has 146 valence electrons. The summed E-state index contributed by atoms with van der Waals surface area (Å²) in [6.45, 7) is 4.65. The zero-order chi connectivity index (χ0) is 19.6. The normalized spacial score (nSPS) is 13.2. The van der Waals surface area contributed by atoms with E-state index in [0.717, 1.165) is 22.2 Å². The molecule has 3 amide bonds. The number of esters is 1. The Bertz CT molecular complexity index is 722. The third-order valence-electron chi connectivity index (χ3n) is 3.40. The van der Waals surface area contributed by atoms with Crippen LogP contribution in [0, 0.1) is 5.92 Å². The number of carbonyl (C=O) groups is 3. The molecule has 0 aromatic heterocycles. The number of benzene rings is 1. The predicted molar refractivity (Wildman–Crippen MR) is 109 cm³/mol. The lowest BCUT2D eigenvalue weighted by atomic mass is 10.1. The number of rotatable bonds is 7. The molecule has 0 unspecified atom stereocenters. The molecular formula is C18H23N3O4S2. The number of aliphatic imine (C=N–C) groups is 1. The molecular weight excluding hydrogens is 386 g/mol. The van der Waals surface area contributed by atoms with E-state index in [9.17, 15) is 14.4 Å². The van der Waals surface area contributed by atoms with Crippen LogP contribution in [0.4, 0.5) is 4.79 Å². The second kappa shape index (κ2) is 11.0. The number of hydrogen-bond donors (Lipinski definition) is 2. The monoisotopic (exact) mass is 409 g/mol. The molecule has 0 bridgehead atoms. The van der Waals surface area contributed by atoms with Crippen LogP contribution in [0.5, 0.6) is 0 Å². The molecule has 2 N–H and O–H groups in total. The van der Waals surface area contributed by atoms with Crippen molar-refractivity contribution in [2.45, 2.75) is 19.6 Å². The van der Waals surface area contributed by atoms with Gasteiger partial charge in [0.1, 0.15) is 4.38 Å². The van der Waals surface area contributed by atoms with Gasteiger partial charge in [-0.1, -0.05) is 55.6 Å². The molecule has 9 heteroatoms. The van der Waals surface area contributed by atoms with Gasteiger partial charge in [-0.25, -0.2) is 9.59 Å². The summed E-state index contributed by atoms with van der Waals surface area (Å²) in [6, 6.07) is 6.50. The van der Waals surface area contributed by atoms with E-state index in [-0.39, 0.29) is 5.92 Å². The Kier molecular flexibility index (Phi) is 8.66.